The maximum absolute atomic E-state index is 12.7. The van der Waals surface area contributed by atoms with Crippen LogP contribution in [0.25, 0.3) is 22.2 Å². The third kappa shape index (κ3) is 4.05. The molecule has 4 aromatic rings. The summed E-state index contributed by atoms with van der Waals surface area (Å²) in [5.41, 5.74) is 1.12. The minimum absolute atomic E-state index is 0.0494. The van der Waals surface area contributed by atoms with Gasteiger partial charge >= 0.3 is 6.03 Å². The van der Waals surface area contributed by atoms with E-state index in [0.29, 0.717) is 25.3 Å². The lowest BCUT2D eigenvalue weighted by Gasteiger charge is -2.17. The van der Waals surface area contributed by atoms with E-state index in [1.54, 1.807) is 24.3 Å². The van der Waals surface area contributed by atoms with E-state index in [1.165, 1.54) is 36.7 Å². The molecule has 1 aromatic carbocycles. The van der Waals surface area contributed by atoms with Crippen LogP contribution in [0.4, 0.5) is 10.5 Å². The second-order valence-corrected chi connectivity index (χ2v) is 10.3. The van der Waals surface area contributed by atoms with Gasteiger partial charge in [-0.1, -0.05) is 23.7 Å². The Hall–Kier alpha value is -3.21. The van der Waals surface area contributed by atoms with E-state index in [1.807, 2.05) is 0 Å². The van der Waals surface area contributed by atoms with Crippen molar-refractivity contribution in [2.45, 2.75) is 4.21 Å². The number of thiophene rings is 1. The number of aromatic nitrogens is 1. The highest BCUT2D eigenvalue weighted by Gasteiger charge is 2.27. The average molecular weight is 476 g/mol. The molecule has 0 saturated heterocycles. The molecule has 3 aromatic heterocycles. The molecule has 0 saturated carbocycles. The number of urea groups is 1. The zero-order chi connectivity index (χ0) is 22.2. The topological polar surface area (TPSA) is 110 Å². The zero-order valence-corrected chi connectivity index (χ0v) is 18.3. The van der Waals surface area contributed by atoms with Crippen molar-refractivity contribution in [3.8, 4) is 11.3 Å². The summed E-state index contributed by atoms with van der Waals surface area (Å²) >= 11 is 6.64. The highest BCUT2D eigenvalue weighted by Crippen LogP contribution is 2.28. The van der Waals surface area contributed by atoms with Crippen molar-refractivity contribution in [2.75, 3.05) is 12.4 Å². The van der Waals surface area contributed by atoms with Crippen molar-refractivity contribution < 1.29 is 17.6 Å². The molecule has 0 aliphatic heterocycles. The lowest BCUT2D eigenvalue weighted by molar-refractivity contribution is 0.240. The summed E-state index contributed by atoms with van der Waals surface area (Å²) in [5.74, 6) is 0. The average Bonchev–Trinajstić information content (AvgIpc) is 3.21. The fourth-order valence-corrected chi connectivity index (χ4v) is 5.48. The van der Waals surface area contributed by atoms with Gasteiger partial charge in [-0.2, -0.15) is 0 Å². The van der Waals surface area contributed by atoms with Gasteiger partial charge in [0.05, 0.1) is 32.9 Å². The Balaban J connectivity index is 1.54. The molecule has 0 aliphatic rings. The highest BCUT2D eigenvalue weighted by atomic mass is 35.5. The minimum Gasteiger partial charge on any atom is -0.463 e. The van der Waals surface area contributed by atoms with Crippen LogP contribution in [0.2, 0.25) is 4.34 Å². The Labute approximate surface area is 185 Å². The number of carbonyl (C=O) groups is 1. The molecular formula is C20H14ClN3O5S2. The number of anilines is 1. The molecule has 0 bridgehead atoms. The van der Waals surface area contributed by atoms with Gasteiger partial charge in [-0.05, 0) is 36.4 Å². The van der Waals surface area contributed by atoms with Crippen LogP contribution in [0.1, 0.15) is 0 Å². The Morgan fingerprint density at radius 2 is 1.94 bits per heavy atom. The van der Waals surface area contributed by atoms with Gasteiger partial charge in [-0.15, -0.1) is 11.3 Å². The fraction of sp³-hybridized carbons (Fsp3) is 0.0500. The second-order valence-electron chi connectivity index (χ2n) is 6.37. The number of sulfonamides is 1. The van der Waals surface area contributed by atoms with E-state index in [0.717, 1.165) is 18.4 Å². The molecule has 11 heteroatoms. The number of carbonyl (C=O) groups excluding carboxylic acids is 1. The van der Waals surface area contributed by atoms with Gasteiger partial charge in [0.1, 0.15) is 16.1 Å². The van der Waals surface area contributed by atoms with Crippen molar-refractivity contribution in [1.29, 1.82) is 0 Å². The van der Waals surface area contributed by atoms with Crippen LogP contribution >= 0.6 is 22.9 Å². The van der Waals surface area contributed by atoms with Gasteiger partial charge in [0.15, 0.2) is 0 Å². The number of rotatable bonds is 4. The third-order valence-electron chi connectivity index (χ3n) is 4.42. The van der Waals surface area contributed by atoms with E-state index >= 15 is 0 Å². The SMILES string of the molecule is CN(C(=O)Nc1ccc(-c2coc3ccccc3c2=O)nc1)S(=O)(=O)c1ccc(Cl)s1. The predicted molar refractivity (Wildman–Crippen MR) is 119 cm³/mol. The minimum atomic E-state index is -4.03. The van der Waals surface area contributed by atoms with E-state index < -0.39 is 16.1 Å². The molecule has 0 aliphatic carbocycles. The summed E-state index contributed by atoms with van der Waals surface area (Å²) in [5, 5.41) is 2.89. The largest absolute Gasteiger partial charge is 0.463 e. The Morgan fingerprint density at radius 3 is 2.61 bits per heavy atom. The highest BCUT2D eigenvalue weighted by molar-refractivity contribution is 7.91. The molecule has 8 nitrogen and oxygen atoms in total. The summed E-state index contributed by atoms with van der Waals surface area (Å²) in [7, 11) is -2.89. The van der Waals surface area contributed by atoms with Gasteiger partial charge in [0.25, 0.3) is 10.0 Å². The first-order valence-electron chi connectivity index (χ1n) is 8.79. The summed E-state index contributed by atoms with van der Waals surface area (Å²) in [6.07, 6.45) is 2.65. The van der Waals surface area contributed by atoms with E-state index in [9.17, 15) is 18.0 Å². The van der Waals surface area contributed by atoms with Crippen LogP contribution in [0, 0.1) is 0 Å². The first-order chi connectivity index (χ1) is 14.8. The smallest absolute Gasteiger partial charge is 0.335 e. The van der Waals surface area contributed by atoms with E-state index in [2.05, 4.69) is 10.3 Å². The van der Waals surface area contributed by atoms with Crippen molar-refractivity contribution in [1.82, 2.24) is 9.29 Å². The quantitative estimate of drug-likeness (QED) is 0.467. The molecule has 2 amide bonds. The molecule has 0 radical (unpaired) electrons. The Bertz CT molecular complexity index is 1450. The predicted octanol–water partition coefficient (Wildman–Crippen LogP) is 4.42. The molecule has 4 rings (SSSR count). The number of benzene rings is 1. The number of amides is 2. The Morgan fingerprint density at radius 1 is 1.16 bits per heavy atom. The lowest BCUT2D eigenvalue weighted by Crippen LogP contribution is -2.36. The summed E-state index contributed by atoms with van der Waals surface area (Å²) in [4.78, 5) is 29.3. The number of halogens is 1. The van der Waals surface area contributed by atoms with Crippen LogP contribution in [0.5, 0.6) is 0 Å². The number of fused-ring (bicyclic) bond motifs is 1. The van der Waals surface area contributed by atoms with Crippen molar-refractivity contribution in [2.24, 2.45) is 0 Å². The van der Waals surface area contributed by atoms with Crippen LogP contribution in [-0.4, -0.2) is 30.8 Å². The number of hydrogen-bond acceptors (Lipinski definition) is 7. The zero-order valence-electron chi connectivity index (χ0n) is 15.9. The van der Waals surface area contributed by atoms with Crippen molar-refractivity contribution in [3.05, 3.63) is 75.6 Å². The molecule has 0 spiro atoms. The fourth-order valence-electron chi connectivity index (χ4n) is 2.76. The van der Waals surface area contributed by atoms with Crippen molar-refractivity contribution in [3.63, 3.8) is 0 Å². The molecule has 3 heterocycles. The third-order valence-corrected chi connectivity index (χ3v) is 7.86. The normalized spacial score (nSPS) is 11.4. The number of pyridine rings is 1. The first kappa shape index (κ1) is 21.0. The number of nitrogens with zero attached hydrogens (tertiary/aromatic N) is 2. The first-order valence-corrected chi connectivity index (χ1v) is 11.4. The second kappa shape index (κ2) is 8.14. The van der Waals surface area contributed by atoms with Crippen LogP contribution in [0.3, 0.4) is 0 Å². The van der Waals surface area contributed by atoms with Crippen molar-refractivity contribution >= 4 is 55.6 Å². The van der Waals surface area contributed by atoms with Gasteiger partial charge < -0.3 is 9.73 Å². The number of hydrogen-bond donors (Lipinski definition) is 1. The summed E-state index contributed by atoms with van der Waals surface area (Å²) in [6, 6.07) is 11.8. The lowest BCUT2D eigenvalue weighted by atomic mass is 10.1. The molecule has 158 valence electrons. The van der Waals surface area contributed by atoms with Gasteiger partial charge in [-0.25, -0.2) is 17.5 Å². The molecule has 31 heavy (non-hydrogen) atoms. The molecule has 1 N–H and O–H groups in total. The van der Waals surface area contributed by atoms with E-state index in [4.69, 9.17) is 16.0 Å². The molecular weight excluding hydrogens is 462 g/mol. The number of nitrogens with one attached hydrogen (secondary N) is 1. The summed E-state index contributed by atoms with van der Waals surface area (Å²) in [6.45, 7) is 0. The van der Waals surface area contributed by atoms with Gasteiger partial charge in [-0.3, -0.25) is 9.78 Å². The standard InChI is InChI=1S/C20H14ClN3O5S2/c1-24(31(27,28)18-9-8-17(21)30-18)20(26)23-12-6-7-15(22-10-12)14-11-29-16-5-3-2-4-13(16)19(14)25/h2-11H,1H3,(H,23,26). The molecule has 0 fully saturated rings. The monoisotopic (exact) mass is 475 g/mol. The van der Waals surface area contributed by atoms with Crippen LogP contribution in [-0.2, 0) is 10.0 Å². The van der Waals surface area contributed by atoms with Gasteiger partial charge in [0.2, 0.25) is 5.43 Å². The molecule has 0 unspecified atom stereocenters. The van der Waals surface area contributed by atoms with Gasteiger partial charge in [0, 0.05) is 7.05 Å². The molecule has 0 atom stereocenters. The Kier molecular flexibility index (Phi) is 5.52. The van der Waals surface area contributed by atoms with E-state index in [-0.39, 0.29) is 20.9 Å². The van der Waals surface area contributed by atoms with Crippen LogP contribution in [0.15, 0.2) is 74.4 Å². The maximum Gasteiger partial charge on any atom is 0.335 e. The number of para-hydroxylation sites is 1. The summed E-state index contributed by atoms with van der Waals surface area (Å²) < 4.78 is 31.4. The van der Waals surface area contributed by atoms with Crippen LogP contribution < -0.4 is 10.7 Å². The maximum atomic E-state index is 12.7.